The van der Waals surface area contributed by atoms with Crippen molar-refractivity contribution in [2.45, 2.75) is 67.5 Å². The van der Waals surface area contributed by atoms with Gasteiger partial charge in [-0.2, -0.15) is 12.1 Å². The summed E-state index contributed by atoms with van der Waals surface area (Å²) in [4.78, 5) is 0. The maximum atomic E-state index is 4.93. The molecule has 0 N–H and O–H groups in total. The van der Waals surface area contributed by atoms with Crippen LogP contribution in [0.2, 0.25) is 13.1 Å². The summed E-state index contributed by atoms with van der Waals surface area (Å²) in [6.45, 7) is 18.1. The number of benzene rings is 6. The zero-order valence-electron chi connectivity index (χ0n) is 35.3. The van der Waals surface area contributed by atoms with Crippen LogP contribution in [0.1, 0.15) is 52.7 Å². The quantitative estimate of drug-likeness (QED) is 0.115. The number of halogens is 2. The van der Waals surface area contributed by atoms with Crippen LogP contribution in [0.3, 0.4) is 0 Å². The summed E-state index contributed by atoms with van der Waals surface area (Å²) in [6.07, 6.45) is 2.17. The molecule has 8 aromatic rings. The molecule has 8 aromatic carbocycles. The Kier molecular flexibility index (Phi) is 16.8. The molecule has 0 spiro atoms. The van der Waals surface area contributed by atoms with Gasteiger partial charge in [-0.3, -0.25) is 0 Å². The predicted molar refractivity (Wildman–Crippen MR) is 256 cm³/mol. The monoisotopic (exact) mass is 892 g/mol. The summed E-state index contributed by atoms with van der Waals surface area (Å²) < 4.78 is 0. The number of fused-ring (bicyclic) bond motifs is 2. The van der Waals surface area contributed by atoms with Crippen LogP contribution in [-0.4, -0.2) is 9.52 Å². The van der Waals surface area contributed by atoms with Gasteiger partial charge in [0.15, 0.2) is 0 Å². The molecule has 0 fully saturated rings. The van der Waals surface area contributed by atoms with Crippen LogP contribution in [0.5, 0.6) is 0 Å². The van der Waals surface area contributed by atoms with Crippen LogP contribution >= 0.6 is 17.0 Å². The Balaban J connectivity index is 0.000000195. The molecule has 8 rings (SSSR count). The van der Waals surface area contributed by atoms with Gasteiger partial charge in [-0.15, -0.1) is 44.8 Å². The van der Waals surface area contributed by atoms with Crippen molar-refractivity contribution in [3.05, 3.63) is 181 Å². The summed E-state index contributed by atoms with van der Waals surface area (Å²) in [5, 5.41) is 5.43. The fourth-order valence-corrected chi connectivity index (χ4v) is 7.63. The molecule has 0 saturated carbocycles. The van der Waals surface area contributed by atoms with Crippen molar-refractivity contribution in [3.8, 4) is 44.5 Å². The second-order valence-electron chi connectivity index (χ2n) is 17.2. The van der Waals surface area contributed by atoms with E-state index in [1.165, 1.54) is 77.2 Å². The molecule has 0 saturated heterocycles. The molecule has 0 aliphatic carbocycles. The van der Waals surface area contributed by atoms with Crippen molar-refractivity contribution in [1.29, 1.82) is 0 Å². The Morgan fingerprint density at radius 3 is 0.931 bits per heavy atom. The predicted octanol–water partition coefficient (Wildman–Crippen LogP) is 17.1. The summed E-state index contributed by atoms with van der Waals surface area (Å²) in [6, 6.07) is 61.6. The normalized spacial score (nSPS) is 11.1. The Morgan fingerprint density at radius 1 is 0.431 bits per heavy atom. The third-order valence-corrected chi connectivity index (χ3v) is 9.70. The number of rotatable bonds is 6. The van der Waals surface area contributed by atoms with E-state index in [2.05, 4.69) is 224 Å². The average molecular weight is 895 g/mol. The first-order valence-electron chi connectivity index (χ1n) is 20.1. The van der Waals surface area contributed by atoms with E-state index in [4.69, 9.17) is 17.0 Å². The standard InChI is InChI=1S/2C26H25.C2H6Si.2ClH.Zr/c2*1-26(2,3)18-19-16-24-22(20-10-6-4-7-11-20)14-15-23(25(24)17-19)21-12-8-5-9-13-21;1-3-2;;;/h2*4-17H,18H2,1-3H3;1-2H3;2*1H;/q2*-1;;;;+4/p-2. The van der Waals surface area contributed by atoms with Crippen molar-refractivity contribution in [2.24, 2.45) is 10.8 Å². The minimum absolute atomic E-state index is 0.282. The minimum atomic E-state index is -0.826. The molecule has 0 aliphatic heterocycles. The van der Waals surface area contributed by atoms with Crippen LogP contribution in [0.4, 0.5) is 0 Å². The van der Waals surface area contributed by atoms with E-state index in [1.807, 2.05) is 0 Å². The van der Waals surface area contributed by atoms with E-state index >= 15 is 0 Å². The Bertz CT molecular complexity index is 2110. The number of hydrogen-bond acceptors (Lipinski definition) is 0. The molecule has 0 amide bonds. The third kappa shape index (κ3) is 12.6. The van der Waals surface area contributed by atoms with E-state index in [0.29, 0.717) is 0 Å². The molecule has 0 aromatic heterocycles. The van der Waals surface area contributed by atoms with Crippen molar-refractivity contribution in [2.75, 3.05) is 0 Å². The Hall–Kier alpha value is -3.78. The van der Waals surface area contributed by atoms with Crippen LogP contribution in [-0.2, 0) is 33.7 Å². The molecule has 0 aliphatic rings. The maximum absolute atomic E-state index is 4.93. The summed E-state index contributed by atoms with van der Waals surface area (Å²) in [5.74, 6) is 0. The molecule has 4 heteroatoms. The van der Waals surface area contributed by atoms with Gasteiger partial charge in [0.1, 0.15) is 0 Å². The van der Waals surface area contributed by atoms with Crippen molar-refractivity contribution in [1.82, 2.24) is 0 Å². The van der Waals surface area contributed by atoms with Gasteiger partial charge in [-0.25, -0.2) is 0 Å². The third-order valence-electron chi connectivity index (χ3n) is 9.70. The van der Waals surface area contributed by atoms with Gasteiger partial charge in [0, 0.05) is 9.52 Å². The molecule has 0 heterocycles. The molecule has 0 nitrogen and oxygen atoms in total. The fourth-order valence-electron chi connectivity index (χ4n) is 7.63. The van der Waals surface area contributed by atoms with E-state index in [0.717, 1.165) is 22.4 Å². The van der Waals surface area contributed by atoms with Crippen LogP contribution < -0.4 is 0 Å². The number of hydrogen-bond donors (Lipinski definition) is 0. The van der Waals surface area contributed by atoms with Crippen LogP contribution in [0.15, 0.2) is 170 Å². The van der Waals surface area contributed by atoms with Gasteiger partial charge in [-0.05, 0) is 34.8 Å². The SMILES string of the molecule is CC(C)(C)Cc1cc2c(-c3ccccc3)ccc(-c3ccccc3)c2[cH-]1.CC(C)(C)Cc1cc2c(-c3ccccc3)ccc(-c3ccccc3)c2[cH-]1.C[Si]C.[Cl][Zr+2][Cl]. The van der Waals surface area contributed by atoms with Gasteiger partial charge >= 0.3 is 37.9 Å². The Morgan fingerprint density at radius 2 is 0.672 bits per heavy atom. The summed E-state index contributed by atoms with van der Waals surface area (Å²) in [5.41, 5.74) is 13.8. The molecule has 58 heavy (non-hydrogen) atoms. The van der Waals surface area contributed by atoms with Crippen molar-refractivity contribution in [3.63, 3.8) is 0 Å². The molecule has 294 valence electrons. The molecule has 2 radical (unpaired) electrons. The van der Waals surface area contributed by atoms with Gasteiger partial charge in [0.25, 0.3) is 0 Å². The summed E-state index contributed by atoms with van der Waals surface area (Å²) in [7, 11) is 11.0. The Labute approximate surface area is 369 Å². The van der Waals surface area contributed by atoms with Crippen molar-refractivity contribution < 1.29 is 20.8 Å². The molecular weight excluding hydrogens is 839 g/mol. The van der Waals surface area contributed by atoms with Crippen LogP contribution in [0.25, 0.3) is 66.1 Å². The van der Waals surface area contributed by atoms with E-state index < -0.39 is 20.8 Å². The molecule has 0 unspecified atom stereocenters. The zero-order chi connectivity index (χ0) is 41.7. The van der Waals surface area contributed by atoms with Gasteiger partial charge < -0.3 is 0 Å². The molecule has 0 atom stereocenters. The van der Waals surface area contributed by atoms with Crippen LogP contribution in [0, 0.1) is 10.8 Å². The van der Waals surface area contributed by atoms with E-state index in [1.54, 1.807) is 0 Å². The first-order valence-corrected chi connectivity index (χ1v) is 28.4. The van der Waals surface area contributed by atoms with Gasteiger partial charge in [-0.1, -0.05) is 234 Å². The zero-order valence-corrected chi connectivity index (χ0v) is 40.3. The average Bonchev–Trinajstić information content (AvgIpc) is 3.82. The topological polar surface area (TPSA) is 0 Å². The first kappa shape index (κ1) is 45.3. The molecular formula is C54H56Cl2SiZr. The van der Waals surface area contributed by atoms with E-state index in [9.17, 15) is 0 Å². The van der Waals surface area contributed by atoms with Gasteiger partial charge in [0.05, 0.1) is 0 Å². The fraction of sp³-hybridized carbons (Fsp3) is 0.222. The first-order chi connectivity index (χ1) is 27.9. The molecule has 0 bridgehead atoms. The second-order valence-corrected chi connectivity index (χ2v) is 21.9. The second kappa shape index (κ2) is 21.5. The summed E-state index contributed by atoms with van der Waals surface area (Å²) >= 11 is -0.826. The van der Waals surface area contributed by atoms with E-state index in [-0.39, 0.29) is 10.8 Å². The van der Waals surface area contributed by atoms with Gasteiger partial charge in [0.2, 0.25) is 0 Å². The van der Waals surface area contributed by atoms with Crippen molar-refractivity contribution >= 4 is 48.1 Å².